The lowest BCUT2D eigenvalue weighted by Crippen LogP contribution is -2.03. The van der Waals surface area contributed by atoms with Crippen LogP contribution in [0.15, 0.2) is 6.20 Å². The second-order valence-corrected chi connectivity index (χ2v) is 2.40. The summed E-state index contributed by atoms with van der Waals surface area (Å²) in [5, 5.41) is 8.45. The van der Waals surface area contributed by atoms with Crippen molar-refractivity contribution in [2.75, 3.05) is 0 Å². The van der Waals surface area contributed by atoms with E-state index in [1.54, 1.807) is 0 Å². The van der Waals surface area contributed by atoms with Crippen molar-refractivity contribution in [1.29, 1.82) is 0 Å². The van der Waals surface area contributed by atoms with Crippen LogP contribution < -0.4 is 0 Å². The first-order valence-electron chi connectivity index (χ1n) is 2.52. The molecule has 0 bridgehead atoms. The van der Waals surface area contributed by atoms with Gasteiger partial charge in [-0.15, -0.1) is 0 Å². The largest absolute Gasteiger partial charge is 0.475 e. The molecule has 4 nitrogen and oxygen atoms in total. The highest BCUT2D eigenvalue weighted by molar-refractivity contribution is 6.41. The molecule has 58 valence electrons. The molecule has 0 unspecified atom stereocenters. The SMILES string of the molecule is O=C(O)c1ncc(Cl)c(Cl)n1. The number of carboxylic acids is 1. The van der Waals surface area contributed by atoms with Crippen LogP contribution in [0.25, 0.3) is 0 Å². The Kier molecular flexibility index (Phi) is 2.26. The van der Waals surface area contributed by atoms with Crippen molar-refractivity contribution < 1.29 is 9.90 Å². The van der Waals surface area contributed by atoms with Gasteiger partial charge in [-0.2, -0.15) is 0 Å². The molecular formula is C5H2Cl2N2O2. The molecule has 11 heavy (non-hydrogen) atoms. The van der Waals surface area contributed by atoms with Crippen molar-refractivity contribution in [3.63, 3.8) is 0 Å². The summed E-state index contributed by atoms with van der Waals surface area (Å²) in [6, 6.07) is 0. The highest BCUT2D eigenvalue weighted by Gasteiger charge is 2.08. The second kappa shape index (κ2) is 3.02. The molecule has 1 heterocycles. The smallest absolute Gasteiger partial charge is 0.373 e. The van der Waals surface area contributed by atoms with E-state index in [-0.39, 0.29) is 16.0 Å². The second-order valence-electron chi connectivity index (χ2n) is 1.64. The minimum atomic E-state index is -1.23. The third kappa shape index (κ3) is 1.78. The monoisotopic (exact) mass is 192 g/mol. The van der Waals surface area contributed by atoms with E-state index in [0.717, 1.165) is 6.20 Å². The van der Waals surface area contributed by atoms with Gasteiger partial charge in [0.25, 0.3) is 0 Å². The topological polar surface area (TPSA) is 63.1 Å². The van der Waals surface area contributed by atoms with E-state index in [4.69, 9.17) is 28.3 Å². The van der Waals surface area contributed by atoms with E-state index in [1.165, 1.54) is 0 Å². The summed E-state index contributed by atoms with van der Waals surface area (Å²) >= 11 is 10.8. The summed E-state index contributed by atoms with van der Waals surface area (Å²) in [7, 11) is 0. The third-order valence-corrected chi connectivity index (χ3v) is 1.55. The van der Waals surface area contributed by atoms with Crippen molar-refractivity contribution in [3.8, 4) is 0 Å². The predicted octanol–water partition coefficient (Wildman–Crippen LogP) is 1.48. The molecule has 0 spiro atoms. The Bertz CT molecular complexity index is 303. The molecule has 0 fully saturated rings. The molecule has 0 saturated carbocycles. The van der Waals surface area contributed by atoms with E-state index in [2.05, 4.69) is 9.97 Å². The van der Waals surface area contributed by atoms with Gasteiger partial charge in [0.2, 0.25) is 5.82 Å². The Labute approximate surface area is 71.8 Å². The lowest BCUT2D eigenvalue weighted by molar-refractivity contribution is 0.0683. The first kappa shape index (κ1) is 8.23. The normalized spacial score (nSPS) is 9.64. The Morgan fingerprint density at radius 2 is 2.18 bits per heavy atom. The minimum Gasteiger partial charge on any atom is -0.475 e. The van der Waals surface area contributed by atoms with Crippen LogP contribution in [0.5, 0.6) is 0 Å². The number of nitrogens with zero attached hydrogens (tertiary/aromatic N) is 2. The van der Waals surface area contributed by atoms with Crippen molar-refractivity contribution in [2.45, 2.75) is 0 Å². The Morgan fingerprint density at radius 3 is 2.64 bits per heavy atom. The lowest BCUT2D eigenvalue weighted by Gasteiger charge is -1.94. The number of carboxylic acid groups (broad SMARTS) is 1. The maximum absolute atomic E-state index is 10.2. The van der Waals surface area contributed by atoms with Gasteiger partial charge in [-0.3, -0.25) is 0 Å². The van der Waals surface area contributed by atoms with Crippen LogP contribution in [0.3, 0.4) is 0 Å². The van der Waals surface area contributed by atoms with Crippen molar-refractivity contribution in [3.05, 3.63) is 22.2 Å². The minimum absolute atomic E-state index is 0.0564. The summed E-state index contributed by atoms with van der Waals surface area (Å²) in [5.41, 5.74) is 0. The van der Waals surface area contributed by atoms with Gasteiger partial charge >= 0.3 is 5.97 Å². The third-order valence-electron chi connectivity index (χ3n) is 0.893. The Morgan fingerprint density at radius 1 is 1.55 bits per heavy atom. The number of hydrogen-bond acceptors (Lipinski definition) is 3. The highest BCUT2D eigenvalue weighted by atomic mass is 35.5. The van der Waals surface area contributed by atoms with Gasteiger partial charge < -0.3 is 5.11 Å². The lowest BCUT2D eigenvalue weighted by atomic mass is 10.5. The van der Waals surface area contributed by atoms with E-state index >= 15 is 0 Å². The van der Waals surface area contributed by atoms with E-state index in [0.29, 0.717) is 0 Å². The molecule has 0 aliphatic carbocycles. The molecule has 1 aromatic heterocycles. The fourth-order valence-corrected chi connectivity index (χ4v) is 0.669. The summed E-state index contributed by atoms with van der Waals surface area (Å²) in [4.78, 5) is 17.0. The van der Waals surface area contributed by atoms with Gasteiger partial charge in [0.1, 0.15) is 0 Å². The fourth-order valence-electron chi connectivity index (χ4n) is 0.449. The van der Waals surface area contributed by atoms with Crippen LogP contribution in [-0.2, 0) is 0 Å². The maximum atomic E-state index is 10.2. The van der Waals surface area contributed by atoms with Crippen molar-refractivity contribution in [2.24, 2.45) is 0 Å². The van der Waals surface area contributed by atoms with Gasteiger partial charge in [-0.25, -0.2) is 14.8 Å². The number of aromatic carboxylic acids is 1. The number of halogens is 2. The standard InChI is InChI=1S/C5H2Cl2N2O2/c6-2-1-8-4(5(10)11)9-3(2)7/h1H,(H,10,11). The first-order chi connectivity index (χ1) is 5.11. The summed E-state index contributed by atoms with van der Waals surface area (Å²) in [6.07, 6.45) is 1.14. The number of aromatic nitrogens is 2. The zero-order valence-corrected chi connectivity index (χ0v) is 6.60. The first-order valence-corrected chi connectivity index (χ1v) is 3.28. The number of hydrogen-bond donors (Lipinski definition) is 1. The van der Waals surface area contributed by atoms with E-state index in [9.17, 15) is 4.79 Å². The molecule has 1 rings (SSSR count). The average Bonchev–Trinajstić information content (AvgIpc) is 1.94. The molecule has 0 aliphatic heterocycles. The molecule has 1 N–H and O–H groups in total. The summed E-state index contributed by atoms with van der Waals surface area (Å²) < 4.78 is 0. The maximum Gasteiger partial charge on any atom is 0.373 e. The summed E-state index contributed by atoms with van der Waals surface area (Å²) in [6.45, 7) is 0. The molecule has 0 amide bonds. The van der Waals surface area contributed by atoms with Crippen LogP contribution in [0.4, 0.5) is 0 Å². The Hall–Kier alpha value is -0.870. The molecule has 1 aromatic rings. The molecule has 0 saturated heterocycles. The fraction of sp³-hybridized carbons (Fsp3) is 0. The van der Waals surface area contributed by atoms with Crippen LogP contribution >= 0.6 is 23.2 Å². The van der Waals surface area contributed by atoms with Crippen LogP contribution in [-0.4, -0.2) is 21.0 Å². The van der Waals surface area contributed by atoms with Gasteiger partial charge in [-0.05, 0) is 0 Å². The quantitative estimate of drug-likeness (QED) is 0.686. The molecule has 0 atom stereocenters. The van der Waals surface area contributed by atoms with E-state index < -0.39 is 5.97 Å². The summed E-state index contributed by atoms with van der Waals surface area (Å²) in [5.74, 6) is -1.59. The van der Waals surface area contributed by atoms with Gasteiger partial charge in [-0.1, -0.05) is 23.2 Å². The number of carbonyl (C=O) groups is 1. The van der Waals surface area contributed by atoms with Crippen LogP contribution in [0.1, 0.15) is 10.6 Å². The van der Waals surface area contributed by atoms with E-state index in [1.807, 2.05) is 0 Å². The van der Waals surface area contributed by atoms with Crippen LogP contribution in [0, 0.1) is 0 Å². The Balaban J connectivity index is 3.15. The molecule has 0 radical (unpaired) electrons. The predicted molar refractivity (Wildman–Crippen MR) is 39.0 cm³/mol. The van der Waals surface area contributed by atoms with Crippen molar-refractivity contribution >= 4 is 29.2 Å². The zero-order chi connectivity index (χ0) is 8.43. The molecule has 0 aliphatic rings. The zero-order valence-electron chi connectivity index (χ0n) is 5.08. The van der Waals surface area contributed by atoms with Gasteiger partial charge in [0.05, 0.1) is 11.2 Å². The molecule has 6 heteroatoms. The van der Waals surface area contributed by atoms with Gasteiger partial charge in [0, 0.05) is 0 Å². The van der Waals surface area contributed by atoms with Gasteiger partial charge in [0.15, 0.2) is 5.15 Å². The van der Waals surface area contributed by atoms with Crippen LogP contribution in [0.2, 0.25) is 10.2 Å². The molecule has 0 aromatic carbocycles. The van der Waals surface area contributed by atoms with Crippen molar-refractivity contribution in [1.82, 2.24) is 9.97 Å². The number of rotatable bonds is 1. The molecular weight excluding hydrogens is 191 g/mol. The highest BCUT2D eigenvalue weighted by Crippen LogP contribution is 2.16. The average molecular weight is 193 g/mol.